The maximum absolute atomic E-state index is 12.7. The van der Waals surface area contributed by atoms with E-state index in [9.17, 15) is 19.0 Å². The third-order valence-electron chi connectivity index (χ3n) is 10.2. The normalized spacial score (nSPS) is 13.8. The first kappa shape index (κ1) is 56.2. The Morgan fingerprint density at radius 2 is 0.931 bits per heavy atom. The first-order valence-corrected chi connectivity index (χ1v) is 25.2. The van der Waals surface area contributed by atoms with Crippen LogP contribution in [0.25, 0.3) is 0 Å². The van der Waals surface area contributed by atoms with Gasteiger partial charge in [0.1, 0.15) is 19.8 Å². The highest BCUT2D eigenvalue weighted by atomic mass is 31.2. The number of hydrogen-bond donors (Lipinski definition) is 1. The SMILES string of the molecule is CCCCC/C=C/C/C=C/C/C=C/CCCCCCC(=O)OC[C@H](COP(=O)(O)OCC[N+](C)(C)C)OC(=O)CCCCCCCCCCCCCCCCCCC. The second kappa shape index (κ2) is 40.6. The van der Waals surface area contributed by atoms with Crippen molar-refractivity contribution in [2.75, 3.05) is 47.5 Å². The summed E-state index contributed by atoms with van der Waals surface area (Å²) in [6.45, 7) is 4.39. The summed E-state index contributed by atoms with van der Waals surface area (Å²) in [5, 5.41) is 0. The maximum atomic E-state index is 12.7. The highest BCUT2D eigenvalue weighted by Gasteiger charge is 2.27. The molecule has 0 aliphatic heterocycles. The number of likely N-dealkylation sites (N-methyl/N-ethyl adjacent to an activating group) is 1. The molecule has 9 nitrogen and oxygen atoms in total. The standard InChI is InChI=1S/C48H90NO8P/c1-6-8-10-12-14-16-18-20-22-24-26-28-30-32-34-36-38-40-47(50)54-44-46(45-56-58(52,53)55-43-42-49(3,4)5)57-48(51)41-39-37-35-33-31-29-27-25-23-21-19-17-15-13-11-9-7-2/h14,16,20,22,26,28,46H,6-13,15,17-19,21,23-25,27,29-45H2,1-5H3/p+1/b16-14+,22-20+,28-26+/t46-/m1/s1. The smallest absolute Gasteiger partial charge is 0.462 e. The molecule has 0 aromatic heterocycles. The van der Waals surface area contributed by atoms with Gasteiger partial charge in [-0.15, -0.1) is 0 Å². The van der Waals surface area contributed by atoms with Crippen LogP contribution in [-0.2, 0) is 32.7 Å². The van der Waals surface area contributed by atoms with Crippen LogP contribution in [0.1, 0.15) is 206 Å². The van der Waals surface area contributed by atoms with E-state index in [1.807, 2.05) is 21.1 Å². The molecule has 0 aliphatic carbocycles. The van der Waals surface area contributed by atoms with Gasteiger partial charge in [0.15, 0.2) is 6.10 Å². The predicted molar refractivity (Wildman–Crippen MR) is 243 cm³/mol. The van der Waals surface area contributed by atoms with E-state index in [0.29, 0.717) is 23.9 Å². The Balaban J connectivity index is 4.34. The molecule has 10 heteroatoms. The first-order chi connectivity index (χ1) is 28.0. The fraction of sp³-hybridized carbons (Fsp3) is 0.833. The summed E-state index contributed by atoms with van der Waals surface area (Å²) in [7, 11) is 1.47. The number of rotatable bonds is 43. The minimum absolute atomic E-state index is 0.0288. The molecular formula is C48H91NO8P+. The minimum Gasteiger partial charge on any atom is -0.462 e. The van der Waals surface area contributed by atoms with Crippen molar-refractivity contribution in [1.82, 2.24) is 0 Å². The van der Waals surface area contributed by atoms with Crippen molar-refractivity contribution in [3.63, 3.8) is 0 Å². The van der Waals surface area contributed by atoms with Gasteiger partial charge in [0.25, 0.3) is 0 Å². The van der Waals surface area contributed by atoms with Crippen molar-refractivity contribution in [1.29, 1.82) is 0 Å². The van der Waals surface area contributed by atoms with E-state index in [-0.39, 0.29) is 32.0 Å². The lowest BCUT2D eigenvalue weighted by atomic mass is 10.0. The highest BCUT2D eigenvalue weighted by Crippen LogP contribution is 2.43. The fourth-order valence-electron chi connectivity index (χ4n) is 6.43. The molecule has 1 unspecified atom stereocenters. The number of carbonyl (C=O) groups excluding carboxylic acids is 2. The van der Waals surface area contributed by atoms with E-state index in [2.05, 4.69) is 50.3 Å². The third kappa shape index (κ3) is 43.8. The molecule has 2 atom stereocenters. The summed E-state index contributed by atoms with van der Waals surface area (Å²) in [4.78, 5) is 35.4. The van der Waals surface area contributed by atoms with Crippen molar-refractivity contribution in [3.8, 4) is 0 Å². The van der Waals surface area contributed by atoms with Gasteiger partial charge >= 0.3 is 19.8 Å². The summed E-state index contributed by atoms with van der Waals surface area (Å²) in [6, 6.07) is 0. The van der Waals surface area contributed by atoms with Crippen molar-refractivity contribution in [2.45, 2.75) is 213 Å². The van der Waals surface area contributed by atoms with E-state index in [1.165, 1.54) is 116 Å². The zero-order valence-corrected chi connectivity index (χ0v) is 39.2. The predicted octanol–water partition coefficient (Wildman–Crippen LogP) is 13.7. The number of carbonyl (C=O) groups is 2. The molecule has 0 heterocycles. The fourth-order valence-corrected chi connectivity index (χ4v) is 7.17. The molecule has 1 N–H and O–H groups in total. The van der Waals surface area contributed by atoms with E-state index in [4.69, 9.17) is 18.5 Å². The number of phosphoric acid groups is 1. The molecule has 0 fully saturated rings. The third-order valence-corrected chi connectivity index (χ3v) is 11.2. The molecule has 0 saturated heterocycles. The Bertz CT molecular complexity index is 1090. The summed E-state index contributed by atoms with van der Waals surface area (Å²) in [5.74, 6) is -0.817. The molecule has 0 aromatic carbocycles. The van der Waals surface area contributed by atoms with E-state index < -0.39 is 26.5 Å². The van der Waals surface area contributed by atoms with Gasteiger partial charge in [-0.2, -0.15) is 0 Å². The van der Waals surface area contributed by atoms with Gasteiger partial charge in [-0.05, 0) is 51.4 Å². The number of esters is 2. The molecule has 0 aromatic rings. The average molecular weight is 841 g/mol. The van der Waals surface area contributed by atoms with E-state index in [1.54, 1.807) is 0 Å². The van der Waals surface area contributed by atoms with Crippen LogP contribution < -0.4 is 0 Å². The lowest BCUT2D eigenvalue weighted by Gasteiger charge is -2.24. The van der Waals surface area contributed by atoms with Crippen molar-refractivity contribution >= 4 is 19.8 Å². The quantitative estimate of drug-likeness (QED) is 0.0213. The molecule has 0 spiro atoms. The van der Waals surface area contributed by atoms with Crippen LogP contribution in [0.15, 0.2) is 36.5 Å². The van der Waals surface area contributed by atoms with Gasteiger partial charge in [0.05, 0.1) is 27.7 Å². The molecule has 58 heavy (non-hydrogen) atoms. The Morgan fingerprint density at radius 3 is 1.41 bits per heavy atom. The zero-order chi connectivity index (χ0) is 42.8. The number of ether oxygens (including phenoxy) is 2. The monoisotopic (exact) mass is 841 g/mol. The van der Waals surface area contributed by atoms with E-state index in [0.717, 1.165) is 51.4 Å². The Labute approximate surface area is 357 Å². The largest absolute Gasteiger partial charge is 0.472 e. The average Bonchev–Trinajstić information content (AvgIpc) is 3.17. The van der Waals surface area contributed by atoms with Gasteiger partial charge < -0.3 is 18.9 Å². The Morgan fingerprint density at radius 1 is 0.534 bits per heavy atom. The highest BCUT2D eigenvalue weighted by molar-refractivity contribution is 7.47. The molecule has 0 aliphatic rings. The van der Waals surface area contributed by atoms with Gasteiger partial charge in [-0.3, -0.25) is 18.6 Å². The molecule has 0 amide bonds. The summed E-state index contributed by atoms with van der Waals surface area (Å²) in [5.41, 5.74) is 0. The van der Waals surface area contributed by atoms with Crippen LogP contribution in [0, 0.1) is 0 Å². The van der Waals surface area contributed by atoms with Gasteiger partial charge in [0.2, 0.25) is 0 Å². The molecule has 0 radical (unpaired) electrons. The van der Waals surface area contributed by atoms with Gasteiger partial charge in [-0.25, -0.2) is 4.57 Å². The van der Waals surface area contributed by atoms with Crippen molar-refractivity contribution < 1.29 is 42.1 Å². The summed E-state index contributed by atoms with van der Waals surface area (Å²) >= 11 is 0. The van der Waals surface area contributed by atoms with Crippen LogP contribution >= 0.6 is 7.82 Å². The summed E-state index contributed by atoms with van der Waals surface area (Å²) in [6.07, 6.45) is 46.1. The second-order valence-corrected chi connectivity index (χ2v) is 18.6. The molecule has 0 saturated carbocycles. The Kier molecular flexibility index (Phi) is 39.4. The summed E-state index contributed by atoms with van der Waals surface area (Å²) < 4.78 is 34.4. The topological polar surface area (TPSA) is 108 Å². The van der Waals surface area contributed by atoms with Gasteiger partial charge in [-0.1, -0.05) is 179 Å². The molecule has 0 rings (SSSR count). The van der Waals surface area contributed by atoms with Crippen molar-refractivity contribution in [2.24, 2.45) is 0 Å². The van der Waals surface area contributed by atoms with Crippen LogP contribution in [-0.4, -0.2) is 74.9 Å². The first-order valence-electron chi connectivity index (χ1n) is 23.7. The second-order valence-electron chi connectivity index (χ2n) is 17.1. The van der Waals surface area contributed by atoms with Crippen LogP contribution in [0.5, 0.6) is 0 Å². The van der Waals surface area contributed by atoms with Crippen LogP contribution in [0.2, 0.25) is 0 Å². The number of phosphoric ester groups is 1. The number of nitrogens with zero attached hydrogens (tertiary/aromatic N) is 1. The number of hydrogen-bond acceptors (Lipinski definition) is 7. The lowest BCUT2D eigenvalue weighted by Crippen LogP contribution is -2.37. The maximum Gasteiger partial charge on any atom is 0.472 e. The number of quaternary nitrogens is 1. The van der Waals surface area contributed by atoms with Crippen LogP contribution in [0.3, 0.4) is 0 Å². The molecule has 340 valence electrons. The minimum atomic E-state index is -4.38. The van der Waals surface area contributed by atoms with Gasteiger partial charge in [0, 0.05) is 12.8 Å². The number of unbranched alkanes of at least 4 members (excludes halogenated alkanes) is 23. The molecule has 0 bridgehead atoms. The Hall–Kier alpha value is -1.77. The zero-order valence-electron chi connectivity index (χ0n) is 38.3. The molecular weight excluding hydrogens is 750 g/mol. The number of allylic oxidation sites excluding steroid dienone is 6. The lowest BCUT2D eigenvalue weighted by molar-refractivity contribution is -0.870. The van der Waals surface area contributed by atoms with Crippen LogP contribution in [0.4, 0.5) is 0 Å². The van der Waals surface area contributed by atoms with Crippen molar-refractivity contribution in [3.05, 3.63) is 36.5 Å². The van der Waals surface area contributed by atoms with E-state index >= 15 is 0 Å².